The molecule has 1 aromatic carbocycles. The first-order chi connectivity index (χ1) is 11.3. The molecule has 2 heterocycles. The summed E-state index contributed by atoms with van der Waals surface area (Å²) in [7, 11) is 1.97. The van der Waals surface area contributed by atoms with E-state index in [0.717, 1.165) is 16.5 Å². The fourth-order valence-corrected chi connectivity index (χ4v) is 3.08. The Bertz CT molecular complexity index is 830. The van der Waals surface area contributed by atoms with E-state index in [1.165, 1.54) is 17.3 Å². The van der Waals surface area contributed by atoms with Crippen LogP contribution in [0.5, 0.6) is 0 Å². The minimum absolute atomic E-state index is 0.141. The van der Waals surface area contributed by atoms with E-state index in [4.69, 9.17) is 4.42 Å². The van der Waals surface area contributed by atoms with Gasteiger partial charge in [0.05, 0.1) is 5.75 Å². The summed E-state index contributed by atoms with van der Waals surface area (Å²) < 4.78 is 7.37. The predicted molar refractivity (Wildman–Crippen MR) is 93.7 cm³/mol. The van der Waals surface area contributed by atoms with Gasteiger partial charge in [0.2, 0.25) is 11.8 Å². The minimum atomic E-state index is 0.141. The van der Waals surface area contributed by atoms with Crippen LogP contribution in [0.4, 0.5) is 0 Å². The van der Waals surface area contributed by atoms with E-state index in [-0.39, 0.29) is 5.41 Å². The SMILES string of the molecule is Cc1nnc(CSc2nnc(-c3ccc(C(C)(C)C)cc3)n2C)o1. The molecule has 24 heavy (non-hydrogen) atoms. The van der Waals surface area contributed by atoms with E-state index >= 15 is 0 Å². The van der Waals surface area contributed by atoms with Crippen LogP contribution in [0.2, 0.25) is 0 Å². The van der Waals surface area contributed by atoms with Crippen LogP contribution in [0.15, 0.2) is 33.8 Å². The molecule has 0 unspecified atom stereocenters. The highest BCUT2D eigenvalue weighted by atomic mass is 32.2. The monoisotopic (exact) mass is 343 g/mol. The molecule has 0 amide bonds. The Balaban J connectivity index is 1.77. The van der Waals surface area contributed by atoms with Gasteiger partial charge in [-0.2, -0.15) is 0 Å². The Morgan fingerprint density at radius 1 is 1.04 bits per heavy atom. The first-order valence-electron chi connectivity index (χ1n) is 7.76. The van der Waals surface area contributed by atoms with Crippen molar-refractivity contribution in [3.05, 3.63) is 41.6 Å². The molecular formula is C17H21N5OS. The van der Waals surface area contributed by atoms with E-state index in [0.29, 0.717) is 17.5 Å². The van der Waals surface area contributed by atoms with Gasteiger partial charge in [-0.15, -0.1) is 20.4 Å². The number of thioether (sulfide) groups is 1. The Kier molecular flexibility index (Phi) is 4.45. The molecule has 0 aliphatic heterocycles. The van der Waals surface area contributed by atoms with Crippen molar-refractivity contribution in [3.63, 3.8) is 0 Å². The van der Waals surface area contributed by atoms with Crippen LogP contribution >= 0.6 is 11.8 Å². The fraction of sp³-hybridized carbons (Fsp3) is 0.412. The average molecular weight is 343 g/mol. The van der Waals surface area contributed by atoms with E-state index in [1.54, 1.807) is 6.92 Å². The van der Waals surface area contributed by atoms with Crippen LogP contribution in [0.25, 0.3) is 11.4 Å². The predicted octanol–water partition coefficient (Wildman–Crippen LogP) is 3.76. The topological polar surface area (TPSA) is 69.6 Å². The smallest absolute Gasteiger partial charge is 0.226 e. The van der Waals surface area contributed by atoms with Crippen LogP contribution in [0.3, 0.4) is 0 Å². The molecule has 7 heteroatoms. The normalized spacial score (nSPS) is 11.9. The van der Waals surface area contributed by atoms with Gasteiger partial charge in [-0.1, -0.05) is 56.8 Å². The lowest BCUT2D eigenvalue weighted by atomic mass is 9.87. The molecule has 0 saturated heterocycles. The van der Waals surface area contributed by atoms with Crippen molar-refractivity contribution < 1.29 is 4.42 Å². The second-order valence-electron chi connectivity index (χ2n) is 6.70. The van der Waals surface area contributed by atoms with E-state index in [9.17, 15) is 0 Å². The Morgan fingerprint density at radius 3 is 2.33 bits per heavy atom. The molecule has 3 aromatic rings. The highest BCUT2D eigenvalue weighted by Crippen LogP contribution is 2.27. The van der Waals surface area contributed by atoms with Crippen LogP contribution in [-0.4, -0.2) is 25.0 Å². The number of nitrogens with zero attached hydrogens (tertiary/aromatic N) is 5. The largest absolute Gasteiger partial charge is 0.425 e. The van der Waals surface area contributed by atoms with Gasteiger partial charge in [-0.05, 0) is 11.0 Å². The molecule has 3 rings (SSSR count). The molecule has 0 aliphatic carbocycles. The van der Waals surface area contributed by atoms with Gasteiger partial charge in [-0.3, -0.25) is 0 Å². The molecule has 0 fully saturated rings. The molecule has 126 valence electrons. The average Bonchev–Trinajstić information content (AvgIpc) is 3.10. The van der Waals surface area contributed by atoms with Crippen molar-refractivity contribution in [3.8, 4) is 11.4 Å². The summed E-state index contributed by atoms with van der Waals surface area (Å²) in [4.78, 5) is 0. The summed E-state index contributed by atoms with van der Waals surface area (Å²) in [5, 5.41) is 17.2. The van der Waals surface area contributed by atoms with E-state index in [1.807, 2.05) is 11.6 Å². The van der Waals surface area contributed by atoms with Crippen molar-refractivity contribution in [1.82, 2.24) is 25.0 Å². The number of aryl methyl sites for hydroxylation is 1. The van der Waals surface area contributed by atoms with Crippen LogP contribution in [0.1, 0.15) is 38.1 Å². The van der Waals surface area contributed by atoms with Gasteiger partial charge in [-0.25, -0.2) is 0 Å². The van der Waals surface area contributed by atoms with Gasteiger partial charge in [0.1, 0.15) is 0 Å². The first-order valence-corrected chi connectivity index (χ1v) is 8.75. The summed E-state index contributed by atoms with van der Waals surface area (Å²) in [5.41, 5.74) is 2.50. The lowest BCUT2D eigenvalue weighted by Gasteiger charge is -2.19. The molecule has 0 atom stereocenters. The molecule has 0 N–H and O–H groups in total. The first kappa shape index (κ1) is 16.7. The summed E-state index contributed by atoms with van der Waals surface area (Å²) in [6.45, 7) is 8.40. The van der Waals surface area contributed by atoms with Crippen molar-refractivity contribution in [2.24, 2.45) is 7.05 Å². The number of aromatic nitrogens is 5. The molecule has 2 aromatic heterocycles. The van der Waals surface area contributed by atoms with Crippen molar-refractivity contribution in [1.29, 1.82) is 0 Å². The Hall–Kier alpha value is -2.15. The third-order valence-electron chi connectivity index (χ3n) is 3.74. The summed E-state index contributed by atoms with van der Waals surface area (Å²) in [5.74, 6) is 2.59. The van der Waals surface area contributed by atoms with Crippen LogP contribution in [0, 0.1) is 6.92 Å². The van der Waals surface area contributed by atoms with Gasteiger partial charge in [0.25, 0.3) is 0 Å². The minimum Gasteiger partial charge on any atom is -0.425 e. The summed E-state index contributed by atoms with van der Waals surface area (Å²) in [6.07, 6.45) is 0. The zero-order valence-corrected chi connectivity index (χ0v) is 15.4. The Morgan fingerprint density at radius 2 is 1.75 bits per heavy atom. The second kappa shape index (κ2) is 6.39. The van der Waals surface area contributed by atoms with E-state index in [2.05, 4.69) is 65.4 Å². The molecule has 0 bridgehead atoms. The zero-order chi connectivity index (χ0) is 17.3. The molecule has 6 nitrogen and oxygen atoms in total. The lowest BCUT2D eigenvalue weighted by Crippen LogP contribution is -2.10. The van der Waals surface area contributed by atoms with Crippen molar-refractivity contribution in [2.75, 3.05) is 0 Å². The van der Waals surface area contributed by atoms with Crippen molar-refractivity contribution in [2.45, 2.75) is 44.0 Å². The number of hydrogen-bond acceptors (Lipinski definition) is 6. The highest BCUT2D eigenvalue weighted by molar-refractivity contribution is 7.98. The van der Waals surface area contributed by atoms with Gasteiger partial charge < -0.3 is 8.98 Å². The molecule has 0 spiro atoms. The lowest BCUT2D eigenvalue weighted by molar-refractivity contribution is 0.485. The number of hydrogen-bond donors (Lipinski definition) is 0. The third-order valence-corrected chi connectivity index (χ3v) is 4.74. The third kappa shape index (κ3) is 3.51. The van der Waals surface area contributed by atoms with Gasteiger partial charge in [0, 0.05) is 19.5 Å². The molecule has 0 aliphatic rings. The summed E-state index contributed by atoms with van der Waals surface area (Å²) >= 11 is 1.53. The van der Waals surface area contributed by atoms with Gasteiger partial charge >= 0.3 is 0 Å². The maximum absolute atomic E-state index is 5.38. The maximum Gasteiger partial charge on any atom is 0.226 e. The molecule has 0 saturated carbocycles. The highest BCUT2D eigenvalue weighted by Gasteiger charge is 2.16. The quantitative estimate of drug-likeness (QED) is 0.672. The molecule has 0 radical (unpaired) electrons. The van der Waals surface area contributed by atoms with Crippen LogP contribution in [-0.2, 0) is 18.2 Å². The molecular weight excluding hydrogens is 322 g/mol. The van der Waals surface area contributed by atoms with E-state index < -0.39 is 0 Å². The number of benzene rings is 1. The van der Waals surface area contributed by atoms with Crippen LogP contribution < -0.4 is 0 Å². The van der Waals surface area contributed by atoms with Crippen molar-refractivity contribution >= 4 is 11.8 Å². The Labute approximate surface area is 145 Å². The second-order valence-corrected chi connectivity index (χ2v) is 7.64. The maximum atomic E-state index is 5.38. The van der Waals surface area contributed by atoms with Gasteiger partial charge in [0.15, 0.2) is 11.0 Å². The fourth-order valence-electron chi connectivity index (χ4n) is 2.33. The summed E-state index contributed by atoms with van der Waals surface area (Å²) in [6, 6.07) is 8.50. The standard InChI is InChI=1S/C17H21N5OS/c1-11-18-19-14(23-11)10-24-16-21-20-15(22(16)5)12-6-8-13(9-7-12)17(2,3)4/h6-9H,10H2,1-5H3. The zero-order valence-electron chi connectivity index (χ0n) is 14.6. The number of rotatable bonds is 4.